The topological polar surface area (TPSA) is 121 Å². The Morgan fingerprint density at radius 3 is 2.43 bits per heavy atom. The number of anilines is 1. The minimum absolute atomic E-state index is 0.334. The number of rotatable bonds is 4. The number of hydrogen-bond acceptors (Lipinski definition) is 4. The summed E-state index contributed by atoms with van der Waals surface area (Å²) in [6.07, 6.45) is 0. The van der Waals surface area contributed by atoms with Crippen molar-refractivity contribution < 1.29 is 9.59 Å². The van der Waals surface area contributed by atoms with E-state index in [1.54, 1.807) is 48.5 Å². The molecule has 3 rings (SSSR count). The van der Waals surface area contributed by atoms with Gasteiger partial charge in [-0.05, 0) is 18.2 Å². The molecule has 23 heavy (non-hydrogen) atoms. The van der Waals surface area contributed by atoms with Gasteiger partial charge in [0, 0.05) is 11.3 Å². The molecule has 116 valence electrons. The van der Waals surface area contributed by atoms with Gasteiger partial charge in [0.05, 0.1) is 11.0 Å². The average Bonchev–Trinajstić information content (AvgIpc) is 2.93. The molecule has 0 aliphatic rings. The van der Waals surface area contributed by atoms with Crippen LogP contribution >= 0.6 is 0 Å². The Morgan fingerprint density at radius 2 is 1.70 bits per heavy atom. The number of carbonyl (C=O) groups excluding carboxylic acids is 2. The third-order valence-corrected chi connectivity index (χ3v) is 3.41. The van der Waals surface area contributed by atoms with Gasteiger partial charge in [-0.1, -0.05) is 30.3 Å². The number of benzene rings is 2. The van der Waals surface area contributed by atoms with Crippen molar-refractivity contribution in [3.63, 3.8) is 0 Å². The molecule has 1 amide bonds. The number of aromatic nitrogens is 2. The van der Waals surface area contributed by atoms with Gasteiger partial charge in [0.15, 0.2) is 5.78 Å². The van der Waals surface area contributed by atoms with E-state index in [0.717, 1.165) is 0 Å². The summed E-state index contributed by atoms with van der Waals surface area (Å²) in [5, 5.41) is 2.57. The summed E-state index contributed by atoms with van der Waals surface area (Å²) in [5.74, 6) is -1.07. The number of nitrogens with one attached hydrogen (secondary N) is 3. The molecule has 0 spiro atoms. The first-order valence-electron chi connectivity index (χ1n) is 6.92. The summed E-state index contributed by atoms with van der Waals surface area (Å²) >= 11 is 0. The van der Waals surface area contributed by atoms with Gasteiger partial charge in [-0.3, -0.25) is 9.59 Å². The van der Waals surface area contributed by atoms with Crippen molar-refractivity contribution >= 4 is 28.4 Å². The lowest BCUT2D eigenvalue weighted by molar-refractivity contribution is -0.116. The zero-order chi connectivity index (χ0) is 16.4. The Labute approximate surface area is 130 Å². The minimum atomic E-state index is -1.31. The molecule has 5 N–H and O–H groups in total. The molecule has 0 radical (unpaired) electrons. The summed E-state index contributed by atoms with van der Waals surface area (Å²) in [6, 6.07) is 11.9. The van der Waals surface area contributed by atoms with Gasteiger partial charge in [0.1, 0.15) is 6.04 Å². The number of Topliss-reactive ketones (excluding diaryl/α,β-unsaturated/α-hetero) is 1. The van der Waals surface area contributed by atoms with Crippen LogP contribution in [-0.2, 0) is 4.79 Å². The van der Waals surface area contributed by atoms with Gasteiger partial charge in [-0.2, -0.15) is 0 Å². The highest BCUT2D eigenvalue weighted by molar-refractivity contribution is 6.16. The van der Waals surface area contributed by atoms with E-state index in [0.29, 0.717) is 22.3 Å². The molecule has 1 unspecified atom stereocenters. The summed E-state index contributed by atoms with van der Waals surface area (Å²) in [7, 11) is 0. The van der Waals surface area contributed by atoms with Crippen molar-refractivity contribution in [3.8, 4) is 0 Å². The molecule has 1 heterocycles. The second-order valence-corrected chi connectivity index (χ2v) is 5.04. The predicted octanol–water partition coefficient (Wildman–Crippen LogP) is 1.00. The molecule has 0 aliphatic carbocycles. The molecule has 0 aliphatic heterocycles. The lowest BCUT2D eigenvalue weighted by atomic mass is 10.0. The molecule has 1 aromatic heterocycles. The third kappa shape index (κ3) is 3.04. The van der Waals surface area contributed by atoms with Gasteiger partial charge in [-0.25, -0.2) is 4.79 Å². The molecule has 0 bridgehead atoms. The molecule has 3 aromatic rings. The molecule has 7 heteroatoms. The van der Waals surface area contributed by atoms with E-state index in [2.05, 4.69) is 15.3 Å². The molecule has 0 fully saturated rings. The molecular formula is C16H14N4O3. The fourth-order valence-corrected chi connectivity index (χ4v) is 2.23. The Morgan fingerprint density at radius 1 is 1.00 bits per heavy atom. The molecule has 1 atom stereocenters. The number of nitrogens with two attached hydrogens (primary N) is 1. The largest absolute Gasteiger partial charge is 0.324 e. The number of ketones is 1. The van der Waals surface area contributed by atoms with Crippen molar-refractivity contribution in [2.75, 3.05) is 5.32 Å². The molecule has 0 saturated heterocycles. The van der Waals surface area contributed by atoms with Crippen LogP contribution in [0.3, 0.4) is 0 Å². The van der Waals surface area contributed by atoms with Crippen molar-refractivity contribution in [3.05, 3.63) is 64.6 Å². The average molecular weight is 310 g/mol. The maximum Gasteiger partial charge on any atom is 0.323 e. The summed E-state index contributed by atoms with van der Waals surface area (Å²) in [4.78, 5) is 40.7. The SMILES string of the molecule is NC(C(=O)Nc1ccc2[nH]c(=O)[nH]c2c1)C(=O)c1ccccc1. The Balaban J connectivity index is 1.77. The molecular weight excluding hydrogens is 296 g/mol. The molecule has 0 saturated carbocycles. The van der Waals surface area contributed by atoms with Gasteiger partial charge in [0.25, 0.3) is 0 Å². The van der Waals surface area contributed by atoms with Gasteiger partial charge < -0.3 is 21.0 Å². The van der Waals surface area contributed by atoms with E-state index in [4.69, 9.17) is 5.73 Å². The van der Waals surface area contributed by atoms with Crippen LogP contribution in [0.15, 0.2) is 53.3 Å². The van der Waals surface area contributed by atoms with Crippen molar-refractivity contribution in [2.24, 2.45) is 5.73 Å². The highest BCUT2D eigenvalue weighted by Crippen LogP contribution is 2.15. The number of imidazole rings is 1. The van der Waals surface area contributed by atoms with E-state index in [9.17, 15) is 14.4 Å². The number of amides is 1. The zero-order valence-corrected chi connectivity index (χ0v) is 12.0. The van der Waals surface area contributed by atoms with E-state index in [-0.39, 0.29) is 5.69 Å². The lowest BCUT2D eigenvalue weighted by Crippen LogP contribution is -2.42. The van der Waals surface area contributed by atoms with Crippen LogP contribution in [0, 0.1) is 0 Å². The fraction of sp³-hybridized carbons (Fsp3) is 0.0625. The summed E-state index contributed by atoms with van der Waals surface area (Å²) < 4.78 is 0. The highest BCUT2D eigenvalue weighted by atomic mass is 16.2. The standard InChI is InChI=1S/C16H14N4O3/c17-13(14(21)9-4-2-1-3-5-9)15(22)18-10-6-7-11-12(8-10)20-16(23)19-11/h1-8,13H,17H2,(H,18,22)(H2,19,20,23). The Bertz CT molecular complexity index is 927. The quantitative estimate of drug-likeness (QED) is 0.424. The van der Waals surface area contributed by atoms with Crippen LogP contribution in [-0.4, -0.2) is 27.7 Å². The third-order valence-electron chi connectivity index (χ3n) is 3.41. The first kappa shape index (κ1) is 14.7. The van der Waals surface area contributed by atoms with Crippen molar-refractivity contribution in [1.82, 2.24) is 9.97 Å². The number of carbonyl (C=O) groups is 2. The van der Waals surface area contributed by atoms with Crippen LogP contribution in [0.2, 0.25) is 0 Å². The number of aromatic amines is 2. The maximum atomic E-state index is 12.2. The first-order valence-corrected chi connectivity index (χ1v) is 6.92. The Kier molecular flexibility index (Phi) is 3.78. The number of H-pyrrole nitrogens is 2. The van der Waals surface area contributed by atoms with Crippen LogP contribution in [0.25, 0.3) is 11.0 Å². The number of fused-ring (bicyclic) bond motifs is 1. The maximum absolute atomic E-state index is 12.2. The summed E-state index contributed by atoms with van der Waals surface area (Å²) in [6.45, 7) is 0. The van der Waals surface area contributed by atoms with E-state index in [1.165, 1.54) is 0 Å². The van der Waals surface area contributed by atoms with Crippen LogP contribution in [0.1, 0.15) is 10.4 Å². The van der Waals surface area contributed by atoms with Gasteiger partial charge >= 0.3 is 5.69 Å². The van der Waals surface area contributed by atoms with Gasteiger partial charge in [0.2, 0.25) is 5.91 Å². The smallest absolute Gasteiger partial charge is 0.323 e. The highest BCUT2D eigenvalue weighted by Gasteiger charge is 2.23. The first-order chi connectivity index (χ1) is 11.0. The fourth-order valence-electron chi connectivity index (χ4n) is 2.23. The monoisotopic (exact) mass is 310 g/mol. The zero-order valence-electron chi connectivity index (χ0n) is 12.0. The second-order valence-electron chi connectivity index (χ2n) is 5.04. The predicted molar refractivity (Wildman–Crippen MR) is 86.3 cm³/mol. The Hall–Kier alpha value is -3.19. The van der Waals surface area contributed by atoms with Crippen LogP contribution in [0.4, 0.5) is 5.69 Å². The van der Waals surface area contributed by atoms with Crippen LogP contribution in [0.5, 0.6) is 0 Å². The van der Waals surface area contributed by atoms with E-state index < -0.39 is 17.7 Å². The normalized spacial score (nSPS) is 12.0. The molecule has 2 aromatic carbocycles. The summed E-state index contributed by atoms with van der Waals surface area (Å²) in [5.41, 5.74) is 7.39. The van der Waals surface area contributed by atoms with E-state index in [1.807, 2.05) is 0 Å². The van der Waals surface area contributed by atoms with Gasteiger partial charge in [-0.15, -0.1) is 0 Å². The van der Waals surface area contributed by atoms with Crippen molar-refractivity contribution in [2.45, 2.75) is 6.04 Å². The van der Waals surface area contributed by atoms with Crippen molar-refractivity contribution in [1.29, 1.82) is 0 Å². The lowest BCUT2D eigenvalue weighted by Gasteiger charge is -2.11. The molecule has 7 nitrogen and oxygen atoms in total. The second kappa shape index (κ2) is 5.90. The van der Waals surface area contributed by atoms with E-state index >= 15 is 0 Å². The number of hydrogen-bond donors (Lipinski definition) is 4. The minimum Gasteiger partial charge on any atom is -0.324 e. The van der Waals surface area contributed by atoms with Crippen LogP contribution < -0.4 is 16.7 Å².